The maximum absolute atomic E-state index is 12.3. The maximum atomic E-state index is 12.3. The standard InChI is InChI=1S/C21H32F3N3O3/c1-3-25-19(27-15-20(12-13-29-2)10-4-5-11-20)26-14-18(28)16-6-8-17(9-7-16)30-21(22,23)24/h6-9,18,28H,3-5,10-15H2,1-2H3,(H2,25,26,27). The van der Waals surface area contributed by atoms with Crippen LogP contribution in [-0.2, 0) is 4.74 Å². The zero-order valence-corrected chi connectivity index (χ0v) is 17.6. The van der Waals surface area contributed by atoms with Gasteiger partial charge in [-0.25, -0.2) is 0 Å². The van der Waals surface area contributed by atoms with E-state index in [4.69, 9.17) is 9.73 Å². The van der Waals surface area contributed by atoms with E-state index in [1.54, 1.807) is 7.11 Å². The summed E-state index contributed by atoms with van der Waals surface area (Å²) in [7, 11) is 1.71. The molecule has 0 radical (unpaired) electrons. The molecule has 0 heterocycles. The van der Waals surface area contributed by atoms with E-state index >= 15 is 0 Å². The van der Waals surface area contributed by atoms with Gasteiger partial charge in [0, 0.05) is 33.4 Å². The Bertz CT molecular complexity index is 660. The number of benzene rings is 1. The Hall–Kier alpha value is -2.00. The van der Waals surface area contributed by atoms with Gasteiger partial charge in [-0.05, 0) is 49.3 Å². The molecule has 0 aromatic heterocycles. The van der Waals surface area contributed by atoms with E-state index in [1.165, 1.54) is 37.1 Å². The highest BCUT2D eigenvalue weighted by atomic mass is 19.4. The lowest BCUT2D eigenvalue weighted by atomic mass is 9.83. The van der Waals surface area contributed by atoms with Crippen molar-refractivity contribution in [1.82, 2.24) is 10.6 Å². The molecule has 0 spiro atoms. The van der Waals surface area contributed by atoms with Gasteiger partial charge in [0.2, 0.25) is 0 Å². The molecule has 0 bridgehead atoms. The molecule has 1 aromatic rings. The van der Waals surface area contributed by atoms with Crippen molar-refractivity contribution in [2.24, 2.45) is 10.4 Å². The van der Waals surface area contributed by atoms with Crippen LogP contribution in [0.5, 0.6) is 5.75 Å². The molecule has 1 saturated carbocycles. The number of nitrogens with zero attached hydrogens (tertiary/aromatic N) is 1. The van der Waals surface area contributed by atoms with Crippen LogP contribution in [0.4, 0.5) is 13.2 Å². The van der Waals surface area contributed by atoms with E-state index in [0.29, 0.717) is 31.2 Å². The van der Waals surface area contributed by atoms with Gasteiger partial charge in [0.25, 0.3) is 0 Å². The van der Waals surface area contributed by atoms with Crippen LogP contribution in [0.15, 0.2) is 29.3 Å². The second-order valence-electron chi connectivity index (χ2n) is 7.66. The molecule has 1 aromatic carbocycles. The smallest absolute Gasteiger partial charge is 0.406 e. The van der Waals surface area contributed by atoms with E-state index in [2.05, 4.69) is 15.4 Å². The van der Waals surface area contributed by atoms with Crippen LogP contribution >= 0.6 is 0 Å². The fourth-order valence-electron chi connectivity index (χ4n) is 3.72. The molecule has 170 valence electrons. The summed E-state index contributed by atoms with van der Waals surface area (Å²) < 4.78 is 45.9. The van der Waals surface area contributed by atoms with Crippen LogP contribution in [0.2, 0.25) is 0 Å². The highest BCUT2D eigenvalue weighted by Crippen LogP contribution is 2.41. The average Bonchev–Trinajstić information content (AvgIpc) is 3.17. The number of hydrogen-bond donors (Lipinski definition) is 3. The molecule has 1 atom stereocenters. The number of guanidine groups is 1. The van der Waals surface area contributed by atoms with Crippen LogP contribution in [0.1, 0.15) is 50.7 Å². The number of methoxy groups -OCH3 is 1. The van der Waals surface area contributed by atoms with Gasteiger partial charge >= 0.3 is 6.36 Å². The molecule has 6 nitrogen and oxygen atoms in total. The molecule has 1 aliphatic rings. The van der Waals surface area contributed by atoms with Crippen molar-refractivity contribution in [1.29, 1.82) is 0 Å². The maximum Gasteiger partial charge on any atom is 0.573 e. The second kappa shape index (κ2) is 11.4. The number of hydrogen-bond acceptors (Lipinski definition) is 4. The van der Waals surface area contributed by atoms with Crippen molar-refractivity contribution >= 4 is 5.96 Å². The summed E-state index contributed by atoms with van der Waals surface area (Å²) in [6, 6.07) is 5.20. The predicted octanol–water partition coefficient (Wildman–Crippen LogP) is 3.77. The fourth-order valence-corrected chi connectivity index (χ4v) is 3.72. The first kappa shape index (κ1) is 24.3. The lowest BCUT2D eigenvalue weighted by molar-refractivity contribution is -0.274. The molecular formula is C21H32F3N3O3. The van der Waals surface area contributed by atoms with Crippen molar-refractivity contribution in [3.8, 4) is 5.75 Å². The minimum Gasteiger partial charge on any atom is -0.406 e. The van der Waals surface area contributed by atoms with Crippen molar-refractivity contribution in [2.75, 3.05) is 33.4 Å². The quantitative estimate of drug-likeness (QED) is 0.388. The molecule has 9 heteroatoms. The first-order valence-electron chi connectivity index (χ1n) is 10.3. The summed E-state index contributed by atoms with van der Waals surface area (Å²) in [5.41, 5.74) is 0.644. The van der Waals surface area contributed by atoms with Crippen LogP contribution in [0, 0.1) is 5.41 Å². The lowest BCUT2D eigenvalue weighted by Crippen LogP contribution is -2.40. The van der Waals surface area contributed by atoms with Crippen molar-refractivity contribution in [3.05, 3.63) is 29.8 Å². The molecule has 3 N–H and O–H groups in total. The minimum atomic E-state index is -4.74. The number of nitrogens with one attached hydrogen (secondary N) is 2. The van der Waals surface area contributed by atoms with Gasteiger partial charge < -0.3 is 25.2 Å². The third kappa shape index (κ3) is 8.02. The molecule has 1 unspecified atom stereocenters. The number of aliphatic imine (C=N–C) groups is 1. The summed E-state index contributed by atoms with van der Waals surface area (Å²) in [5.74, 6) is 0.288. The first-order chi connectivity index (χ1) is 14.3. The Morgan fingerprint density at radius 3 is 2.43 bits per heavy atom. The number of alkyl halides is 3. The summed E-state index contributed by atoms with van der Waals surface area (Å²) in [6.45, 7) is 4.22. The van der Waals surface area contributed by atoms with Crippen LogP contribution < -0.4 is 15.4 Å². The van der Waals surface area contributed by atoms with Crippen molar-refractivity contribution < 1.29 is 27.8 Å². The van der Waals surface area contributed by atoms with E-state index < -0.39 is 12.5 Å². The zero-order valence-electron chi connectivity index (χ0n) is 17.6. The monoisotopic (exact) mass is 431 g/mol. The molecular weight excluding hydrogens is 399 g/mol. The van der Waals surface area contributed by atoms with E-state index in [0.717, 1.165) is 19.3 Å². The molecule has 30 heavy (non-hydrogen) atoms. The molecule has 0 saturated heterocycles. The summed E-state index contributed by atoms with van der Waals surface area (Å²) in [6.07, 6.45) is 0.0110. The third-order valence-corrected chi connectivity index (χ3v) is 5.38. The molecule has 2 rings (SSSR count). The topological polar surface area (TPSA) is 75.1 Å². The average molecular weight is 431 g/mol. The van der Waals surface area contributed by atoms with Gasteiger partial charge in [0.05, 0.1) is 6.10 Å². The number of ether oxygens (including phenoxy) is 2. The van der Waals surface area contributed by atoms with Gasteiger partial charge in [0.15, 0.2) is 5.96 Å². The van der Waals surface area contributed by atoms with Gasteiger partial charge in [-0.15, -0.1) is 13.2 Å². The van der Waals surface area contributed by atoms with Crippen molar-refractivity contribution in [2.45, 2.75) is 51.5 Å². The molecule has 0 aliphatic heterocycles. The van der Waals surface area contributed by atoms with Crippen LogP contribution in [0.25, 0.3) is 0 Å². The fraction of sp³-hybridized carbons (Fsp3) is 0.667. The Balaban J connectivity index is 1.93. The number of rotatable bonds is 10. The molecule has 1 aliphatic carbocycles. The van der Waals surface area contributed by atoms with Gasteiger partial charge in [-0.3, -0.25) is 4.99 Å². The Morgan fingerprint density at radius 2 is 1.87 bits per heavy atom. The van der Waals surface area contributed by atoms with E-state index in [1.807, 2.05) is 6.92 Å². The van der Waals surface area contributed by atoms with Gasteiger partial charge in [-0.1, -0.05) is 25.0 Å². The van der Waals surface area contributed by atoms with Gasteiger partial charge in [-0.2, -0.15) is 0 Å². The summed E-state index contributed by atoms with van der Waals surface area (Å²) >= 11 is 0. The SMILES string of the molecule is CCNC(=NCC1(CCOC)CCCC1)NCC(O)c1ccc(OC(F)(F)F)cc1. The normalized spacial score (nSPS) is 17.6. The Labute approximate surface area is 175 Å². The number of halogens is 3. The second-order valence-corrected chi connectivity index (χ2v) is 7.66. The number of aliphatic hydroxyl groups excluding tert-OH is 1. The predicted molar refractivity (Wildman–Crippen MR) is 109 cm³/mol. The van der Waals surface area contributed by atoms with Crippen LogP contribution in [0.3, 0.4) is 0 Å². The Kier molecular flexibility index (Phi) is 9.23. The first-order valence-corrected chi connectivity index (χ1v) is 10.3. The summed E-state index contributed by atoms with van der Waals surface area (Å²) in [4.78, 5) is 4.72. The zero-order chi connectivity index (χ0) is 22.0. The van der Waals surface area contributed by atoms with Crippen molar-refractivity contribution in [3.63, 3.8) is 0 Å². The molecule has 0 amide bonds. The van der Waals surface area contributed by atoms with Gasteiger partial charge in [0.1, 0.15) is 5.75 Å². The van der Waals surface area contributed by atoms with E-state index in [9.17, 15) is 18.3 Å². The largest absolute Gasteiger partial charge is 0.573 e. The van der Waals surface area contributed by atoms with E-state index in [-0.39, 0.29) is 17.7 Å². The summed E-state index contributed by atoms with van der Waals surface area (Å²) in [5, 5.41) is 16.7. The Morgan fingerprint density at radius 1 is 1.20 bits per heavy atom. The van der Waals surface area contributed by atoms with Crippen LogP contribution in [-0.4, -0.2) is 50.8 Å². The third-order valence-electron chi connectivity index (χ3n) is 5.38. The highest BCUT2D eigenvalue weighted by Gasteiger charge is 2.33. The molecule has 1 fully saturated rings. The lowest BCUT2D eigenvalue weighted by Gasteiger charge is -2.27. The minimum absolute atomic E-state index is 0.158. The number of aliphatic hydroxyl groups is 1. The highest BCUT2D eigenvalue weighted by molar-refractivity contribution is 5.79.